The Kier molecular flexibility index (Phi) is 3.49. The van der Waals surface area contributed by atoms with Crippen LogP contribution in [0.4, 0.5) is 0 Å². The lowest BCUT2D eigenvalue weighted by Crippen LogP contribution is -2.44. The van der Waals surface area contributed by atoms with E-state index in [0.29, 0.717) is 17.2 Å². The van der Waals surface area contributed by atoms with E-state index in [4.69, 9.17) is 16.1 Å². The number of aromatic nitrogens is 1. The van der Waals surface area contributed by atoms with E-state index in [-0.39, 0.29) is 11.9 Å². The van der Waals surface area contributed by atoms with Crippen molar-refractivity contribution in [1.29, 1.82) is 0 Å². The summed E-state index contributed by atoms with van der Waals surface area (Å²) in [4.78, 5) is 14.1. The molecule has 4 nitrogen and oxygen atoms in total. The molecule has 0 aliphatic carbocycles. The van der Waals surface area contributed by atoms with Crippen LogP contribution in [0.1, 0.15) is 35.4 Å². The zero-order chi connectivity index (χ0) is 11.5. The number of nitrogens with zero attached hydrogens (tertiary/aromatic N) is 2. The van der Waals surface area contributed by atoms with Crippen molar-refractivity contribution in [3.63, 3.8) is 0 Å². The van der Waals surface area contributed by atoms with Crippen molar-refractivity contribution in [2.45, 2.75) is 32.2 Å². The average Bonchev–Trinajstić information content (AvgIpc) is 2.74. The summed E-state index contributed by atoms with van der Waals surface area (Å²) in [5.41, 5.74) is 0.553. The van der Waals surface area contributed by atoms with Crippen LogP contribution in [-0.4, -0.2) is 34.4 Å². The highest BCUT2D eigenvalue weighted by molar-refractivity contribution is 6.18. The first kappa shape index (κ1) is 11.5. The highest BCUT2D eigenvalue weighted by Gasteiger charge is 2.28. The second kappa shape index (κ2) is 4.87. The zero-order valence-corrected chi connectivity index (χ0v) is 10.0. The fraction of sp³-hybridized carbons (Fsp3) is 0.636. The summed E-state index contributed by atoms with van der Waals surface area (Å²) < 4.78 is 4.91. The minimum absolute atomic E-state index is 0.0101. The lowest BCUT2D eigenvalue weighted by molar-refractivity contribution is 0.0637. The van der Waals surface area contributed by atoms with Crippen LogP contribution in [0.2, 0.25) is 0 Å². The van der Waals surface area contributed by atoms with Crippen molar-refractivity contribution in [2.24, 2.45) is 0 Å². The molecule has 0 radical (unpaired) electrons. The maximum atomic E-state index is 12.2. The first-order valence-electron chi connectivity index (χ1n) is 5.52. The van der Waals surface area contributed by atoms with Crippen LogP contribution in [0.15, 0.2) is 10.7 Å². The second-order valence-electron chi connectivity index (χ2n) is 4.10. The molecule has 2 heterocycles. The lowest BCUT2D eigenvalue weighted by Gasteiger charge is -2.34. The van der Waals surface area contributed by atoms with E-state index in [1.165, 1.54) is 6.20 Å². The highest BCUT2D eigenvalue weighted by Crippen LogP contribution is 2.21. The van der Waals surface area contributed by atoms with Crippen molar-refractivity contribution in [3.05, 3.63) is 17.5 Å². The fourth-order valence-electron chi connectivity index (χ4n) is 2.09. The Hall–Kier alpha value is -1.03. The minimum atomic E-state index is -0.0101. The molecule has 2 rings (SSSR count). The van der Waals surface area contributed by atoms with Gasteiger partial charge in [0.1, 0.15) is 11.3 Å². The van der Waals surface area contributed by atoms with Crippen LogP contribution in [0.25, 0.3) is 0 Å². The van der Waals surface area contributed by atoms with Gasteiger partial charge in [-0.05, 0) is 26.2 Å². The van der Waals surface area contributed by atoms with E-state index < -0.39 is 0 Å². The fourth-order valence-corrected chi connectivity index (χ4v) is 2.41. The van der Waals surface area contributed by atoms with Crippen LogP contribution in [0, 0.1) is 6.92 Å². The van der Waals surface area contributed by atoms with E-state index in [2.05, 4.69) is 5.16 Å². The number of rotatable bonds is 2. The van der Waals surface area contributed by atoms with Gasteiger partial charge >= 0.3 is 0 Å². The van der Waals surface area contributed by atoms with E-state index >= 15 is 0 Å². The molecule has 0 bridgehead atoms. The number of piperidine rings is 1. The SMILES string of the molecule is Cc1oncc1C(=O)N1CCCCC1CCl. The van der Waals surface area contributed by atoms with Gasteiger partial charge in [0.2, 0.25) is 0 Å². The molecule has 1 aromatic rings. The van der Waals surface area contributed by atoms with Gasteiger partial charge in [-0.1, -0.05) is 5.16 Å². The molecular weight excluding hydrogens is 228 g/mol. The van der Waals surface area contributed by atoms with Crippen LogP contribution >= 0.6 is 11.6 Å². The van der Waals surface area contributed by atoms with Crippen molar-refractivity contribution < 1.29 is 9.32 Å². The number of amides is 1. The summed E-state index contributed by atoms with van der Waals surface area (Å²) >= 11 is 5.89. The molecule has 1 unspecified atom stereocenters. The van der Waals surface area contributed by atoms with Gasteiger partial charge < -0.3 is 9.42 Å². The number of alkyl halides is 1. The normalized spacial score (nSPS) is 21.1. The molecule has 1 aliphatic heterocycles. The number of halogens is 1. The number of aryl methyl sites for hydroxylation is 1. The quantitative estimate of drug-likeness (QED) is 0.747. The molecule has 0 saturated carbocycles. The largest absolute Gasteiger partial charge is 0.361 e. The van der Waals surface area contributed by atoms with E-state index in [0.717, 1.165) is 25.8 Å². The topological polar surface area (TPSA) is 46.3 Å². The first-order chi connectivity index (χ1) is 7.74. The molecule has 1 aromatic heterocycles. The smallest absolute Gasteiger partial charge is 0.259 e. The zero-order valence-electron chi connectivity index (χ0n) is 9.28. The van der Waals surface area contributed by atoms with E-state index in [1.807, 2.05) is 4.90 Å². The molecule has 1 amide bonds. The third-order valence-electron chi connectivity index (χ3n) is 3.05. The Morgan fingerprint density at radius 2 is 2.50 bits per heavy atom. The maximum absolute atomic E-state index is 12.2. The van der Waals surface area contributed by atoms with Crippen LogP contribution in [-0.2, 0) is 0 Å². The van der Waals surface area contributed by atoms with Gasteiger partial charge in [-0.15, -0.1) is 11.6 Å². The standard InChI is InChI=1S/C11H15ClN2O2/c1-8-10(7-13-16-8)11(15)14-5-3-2-4-9(14)6-12/h7,9H,2-6H2,1H3. The van der Waals surface area contributed by atoms with Crippen molar-refractivity contribution in [2.75, 3.05) is 12.4 Å². The van der Waals surface area contributed by atoms with E-state index in [9.17, 15) is 4.79 Å². The van der Waals surface area contributed by atoms with Gasteiger partial charge in [-0.2, -0.15) is 0 Å². The van der Waals surface area contributed by atoms with Gasteiger partial charge in [0, 0.05) is 18.5 Å². The lowest BCUT2D eigenvalue weighted by atomic mass is 10.0. The van der Waals surface area contributed by atoms with Crippen molar-refractivity contribution in [1.82, 2.24) is 10.1 Å². The average molecular weight is 243 g/mol. The Bertz CT molecular complexity index is 378. The number of carbonyl (C=O) groups excluding carboxylic acids is 1. The summed E-state index contributed by atoms with van der Waals surface area (Å²) in [5, 5.41) is 3.63. The highest BCUT2D eigenvalue weighted by atomic mass is 35.5. The molecule has 16 heavy (non-hydrogen) atoms. The third kappa shape index (κ3) is 2.07. The first-order valence-corrected chi connectivity index (χ1v) is 6.05. The predicted molar refractivity (Wildman–Crippen MR) is 60.6 cm³/mol. The van der Waals surface area contributed by atoms with Gasteiger partial charge in [-0.3, -0.25) is 4.79 Å². The molecule has 0 N–H and O–H groups in total. The number of hydrogen-bond donors (Lipinski definition) is 0. The molecule has 1 atom stereocenters. The van der Waals surface area contributed by atoms with Gasteiger partial charge in [0.25, 0.3) is 5.91 Å². The number of hydrogen-bond acceptors (Lipinski definition) is 3. The maximum Gasteiger partial charge on any atom is 0.259 e. The summed E-state index contributed by atoms with van der Waals surface area (Å²) in [6.45, 7) is 2.53. The second-order valence-corrected chi connectivity index (χ2v) is 4.41. The minimum Gasteiger partial charge on any atom is -0.361 e. The Morgan fingerprint density at radius 1 is 1.69 bits per heavy atom. The Balaban J connectivity index is 2.17. The van der Waals surface area contributed by atoms with Gasteiger partial charge in [0.15, 0.2) is 0 Å². The number of carbonyl (C=O) groups is 1. The van der Waals surface area contributed by atoms with Gasteiger partial charge in [0.05, 0.1) is 6.20 Å². The molecular formula is C11H15ClN2O2. The molecule has 1 saturated heterocycles. The predicted octanol–water partition coefficient (Wildman–Crippen LogP) is 2.22. The molecule has 0 aromatic carbocycles. The summed E-state index contributed by atoms with van der Waals surface area (Å²) in [5.74, 6) is 1.06. The molecule has 1 fully saturated rings. The molecule has 0 spiro atoms. The number of likely N-dealkylation sites (tertiary alicyclic amines) is 1. The molecule has 1 aliphatic rings. The van der Waals surface area contributed by atoms with Crippen molar-refractivity contribution in [3.8, 4) is 0 Å². The Labute approximate surface area is 99.5 Å². The summed E-state index contributed by atoms with van der Waals surface area (Å²) in [7, 11) is 0. The summed E-state index contributed by atoms with van der Waals surface area (Å²) in [6, 6.07) is 0.150. The van der Waals surface area contributed by atoms with Crippen LogP contribution in [0.3, 0.4) is 0 Å². The van der Waals surface area contributed by atoms with Crippen molar-refractivity contribution >= 4 is 17.5 Å². The van der Waals surface area contributed by atoms with Gasteiger partial charge in [-0.25, -0.2) is 0 Å². The monoisotopic (exact) mass is 242 g/mol. The van der Waals surface area contributed by atoms with Crippen LogP contribution < -0.4 is 0 Å². The summed E-state index contributed by atoms with van der Waals surface area (Å²) in [6.07, 6.45) is 4.66. The van der Waals surface area contributed by atoms with Crippen LogP contribution in [0.5, 0.6) is 0 Å². The van der Waals surface area contributed by atoms with E-state index in [1.54, 1.807) is 6.92 Å². The third-order valence-corrected chi connectivity index (χ3v) is 3.40. The molecule has 5 heteroatoms. The Morgan fingerprint density at radius 3 is 3.12 bits per heavy atom. The molecule has 88 valence electrons.